The summed E-state index contributed by atoms with van der Waals surface area (Å²) in [5.74, 6) is -0.144. The number of nitrogens with zero attached hydrogens (tertiary/aromatic N) is 3. The van der Waals surface area contributed by atoms with Crippen LogP contribution >= 0.6 is 11.6 Å². The number of imidazole rings is 1. The van der Waals surface area contributed by atoms with E-state index < -0.39 is 0 Å². The van der Waals surface area contributed by atoms with Gasteiger partial charge in [-0.25, -0.2) is 4.98 Å². The second-order valence-electron chi connectivity index (χ2n) is 4.94. The number of halogens is 1. The summed E-state index contributed by atoms with van der Waals surface area (Å²) in [5.41, 5.74) is 0.470. The summed E-state index contributed by atoms with van der Waals surface area (Å²) >= 11 is 6.00. The highest BCUT2D eigenvalue weighted by atomic mass is 35.5. The van der Waals surface area contributed by atoms with E-state index in [1.165, 1.54) is 6.20 Å². The smallest absolute Gasteiger partial charge is 0.253 e. The van der Waals surface area contributed by atoms with Gasteiger partial charge in [-0.1, -0.05) is 11.6 Å². The van der Waals surface area contributed by atoms with Crippen molar-refractivity contribution < 1.29 is 4.79 Å². The molecule has 20 heavy (non-hydrogen) atoms. The quantitative estimate of drug-likeness (QED) is 0.944. The first kappa shape index (κ1) is 13.1. The maximum absolute atomic E-state index is 12.3. The number of pyridine rings is 1. The third-order valence-electron chi connectivity index (χ3n) is 3.72. The first-order valence-corrected chi connectivity index (χ1v) is 7.01. The molecule has 2 aromatic rings. The van der Waals surface area contributed by atoms with Crippen LogP contribution < -0.4 is 5.32 Å². The normalized spacial score (nSPS) is 21.9. The monoisotopic (exact) mass is 290 g/mol. The van der Waals surface area contributed by atoms with E-state index in [1.807, 2.05) is 6.20 Å². The van der Waals surface area contributed by atoms with Gasteiger partial charge in [-0.05, 0) is 25.3 Å². The summed E-state index contributed by atoms with van der Waals surface area (Å²) in [6.45, 7) is 0. The number of aromatic nitrogens is 3. The zero-order chi connectivity index (χ0) is 13.9. The molecule has 1 N–H and O–H groups in total. The van der Waals surface area contributed by atoms with Gasteiger partial charge in [0.05, 0.1) is 23.0 Å². The lowest BCUT2D eigenvalue weighted by Gasteiger charge is -2.22. The summed E-state index contributed by atoms with van der Waals surface area (Å²) in [6.07, 6.45) is 11.7. The third-order valence-corrected chi connectivity index (χ3v) is 4.02. The van der Waals surface area contributed by atoms with Gasteiger partial charge in [0, 0.05) is 30.8 Å². The fourth-order valence-electron chi connectivity index (χ4n) is 2.74. The summed E-state index contributed by atoms with van der Waals surface area (Å²) < 4.78 is 2.06. The molecule has 104 valence electrons. The molecule has 0 aliphatic heterocycles. The zero-order valence-corrected chi connectivity index (χ0v) is 11.6. The molecule has 1 aliphatic carbocycles. The Bertz CT molecular complexity index is 599. The Balaban J connectivity index is 1.74. The molecule has 0 spiro atoms. The molecule has 1 aliphatic rings. The highest BCUT2D eigenvalue weighted by Crippen LogP contribution is 2.30. The Morgan fingerprint density at radius 2 is 2.25 bits per heavy atom. The Kier molecular flexibility index (Phi) is 3.69. The van der Waals surface area contributed by atoms with Crippen LogP contribution in [0.4, 0.5) is 0 Å². The van der Waals surface area contributed by atoms with Crippen LogP contribution in [0.15, 0.2) is 37.2 Å². The molecule has 0 bridgehead atoms. The molecule has 1 saturated carbocycles. The molecular formula is C14H15ClN4O. The number of nitrogens with one attached hydrogen (secondary N) is 1. The van der Waals surface area contributed by atoms with Crippen LogP contribution in [0, 0.1) is 0 Å². The predicted octanol–water partition coefficient (Wildman–Crippen LogP) is 2.46. The Hall–Kier alpha value is -1.88. The minimum absolute atomic E-state index is 0.112. The van der Waals surface area contributed by atoms with Crippen LogP contribution in [0.1, 0.15) is 35.7 Å². The summed E-state index contributed by atoms with van der Waals surface area (Å²) in [4.78, 5) is 20.3. The molecule has 6 heteroatoms. The number of carbonyl (C=O) groups is 1. The average molecular weight is 291 g/mol. The topological polar surface area (TPSA) is 59.8 Å². The van der Waals surface area contributed by atoms with E-state index in [2.05, 4.69) is 19.9 Å². The fourth-order valence-corrected chi connectivity index (χ4v) is 2.94. The van der Waals surface area contributed by atoms with Crippen LogP contribution in [0.5, 0.6) is 0 Å². The van der Waals surface area contributed by atoms with Gasteiger partial charge in [-0.15, -0.1) is 0 Å². The van der Waals surface area contributed by atoms with Gasteiger partial charge in [0.2, 0.25) is 0 Å². The molecule has 1 amide bonds. The van der Waals surface area contributed by atoms with Crippen LogP contribution in [0.3, 0.4) is 0 Å². The van der Waals surface area contributed by atoms with Crippen molar-refractivity contribution in [2.75, 3.05) is 0 Å². The highest BCUT2D eigenvalue weighted by Gasteiger charge is 2.30. The summed E-state index contributed by atoms with van der Waals surface area (Å²) in [5, 5.41) is 3.45. The number of hydrogen-bond donors (Lipinski definition) is 1. The first-order valence-electron chi connectivity index (χ1n) is 6.63. The Morgan fingerprint density at radius 1 is 1.35 bits per heavy atom. The lowest BCUT2D eigenvalue weighted by Crippen LogP contribution is -2.38. The van der Waals surface area contributed by atoms with Crippen molar-refractivity contribution in [3.05, 3.63) is 47.8 Å². The molecule has 0 aromatic carbocycles. The van der Waals surface area contributed by atoms with Gasteiger partial charge in [0.1, 0.15) is 0 Å². The summed E-state index contributed by atoms with van der Waals surface area (Å²) in [6, 6.07) is 2.02. The van der Waals surface area contributed by atoms with Crippen LogP contribution in [-0.4, -0.2) is 26.5 Å². The second-order valence-corrected chi connectivity index (χ2v) is 5.35. The highest BCUT2D eigenvalue weighted by molar-refractivity contribution is 6.33. The molecule has 2 aromatic heterocycles. The molecule has 5 nitrogen and oxygen atoms in total. The van der Waals surface area contributed by atoms with E-state index >= 15 is 0 Å². The van der Waals surface area contributed by atoms with E-state index in [0.717, 1.165) is 19.3 Å². The van der Waals surface area contributed by atoms with Crippen LogP contribution in [-0.2, 0) is 0 Å². The van der Waals surface area contributed by atoms with Crippen molar-refractivity contribution in [3.63, 3.8) is 0 Å². The van der Waals surface area contributed by atoms with Crippen LogP contribution in [0.25, 0.3) is 0 Å². The minimum Gasteiger partial charge on any atom is -0.347 e. The molecule has 1 fully saturated rings. The van der Waals surface area contributed by atoms with E-state index in [9.17, 15) is 4.79 Å². The first-order chi connectivity index (χ1) is 9.75. The molecule has 0 saturated heterocycles. The van der Waals surface area contributed by atoms with Gasteiger partial charge in [0.15, 0.2) is 0 Å². The van der Waals surface area contributed by atoms with E-state index in [4.69, 9.17) is 11.6 Å². The SMILES string of the molecule is O=C(NC1CCCC1n1ccnc1)c1ccncc1Cl. The molecule has 0 radical (unpaired) electrons. The lowest BCUT2D eigenvalue weighted by atomic mass is 10.1. The molecule has 3 rings (SSSR count). The number of rotatable bonds is 3. The van der Waals surface area contributed by atoms with E-state index in [-0.39, 0.29) is 18.0 Å². The molecular weight excluding hydrogens is 276 g/mol. The van der Waals surface area contributed by atoms with Crippen LogP contribution in [0.2, 0.25) is 5.02 Å². The molecule has 2 unspecified atom stereocenters. The van der Waals surface area contributed by atoms with E-state index in [0.29, 0.717) is 10.6 Å². The predicted molar refractivity (Wildman–Crippen MR) is 75.6 cm³/mol. The molecule has 2 atom stereocenters. The van der Waals surface area contributed by atoms with Gasteiger partial charge >= 0.3 is 0 Å². The van der Waals surface area contributed by atoms with Gasteiger partial charge in [-0.2, -0.15) is 0 Å². The third kappa shape index (κ3) is 2.54. The zero-order valence-electron chi connectivity index (χ0n) is 10.9. The lowest BCUT2D eigenvalue weighted by molar-refractivity contribution is 0.0929. The van der Waals surface area contributed by atoms with E-state index in [1.54, 1.807) is 24.8 Å². The number of hydrogen-bond acceptors (Lipinski definition) is 3. The standard InChI is InChI=1S/C14H15ClN4O/c15-11-8-16-5-4-10(11)14(20)18-12-2-1-3-13(12)19-7-6-17-9-19/h4-9,12-13H,1-3H2,(H,18,20). The van der Waals surface area contributed by atoms with Gasteiger partial charge in [-0.3, -0.25) is 9.78 Å². The molecule has 2 heterocycles. The largest absolute Gasteiger partial charge is 0.347 e. The average Bonchev–Trinajstić information content (AvgIpc) is 3.09. The maximum Gasteiger partial charge on any atom is 0.253 e. The second kappa shape index (κ2) is 5.63. The van der Waals surface area contributed by atoms with Crippen molar-refractivity contribution in [1.82, 2.24) is 19.9 Å². The fraction of sp³-hybridized carbons (Fsp3) is 0.357. The van der Waals surface area contributed by atoms with Crippen molar-refractivity contribution in [1.29, 1.82) is 0 Å². The van der Waals surface area contributed by atoms with Crippen molar-refractivity contribution in [2.45, 2.75) is 31.3 Å². The van der Waals surface area contributed by atoms with Gasteiger partial charge in [0.25, 0.3) is 5.91 Å². The number of carbonyl (C=O) groups excluding carboxylic acids is 1. The maximum atomic E-state index is 12.3. The Morgan fingerprint density at radius 3 is 3.00 bits per heavy atom. The summed E-state index contributed by atoms with van der Waals surface area (Å²) in [7, 11) is 0. The number of amides is 1. The minimum atomic E-state index is -0.144. The van der Waals surface area contributed by atoms with Crippen molar-refractivity contribution in [2.24, 2.45) is 0 Å². The van der Waals surface area contributed by atoms with Gasteiger partial charge < -0.3 is 9.88 Å². The van der Waals surface area contributed by atoms with Crippen molar-refractivity contribution >= 4 is 17.5 Å². The van der Waals surface area contributed by atoms with Crippen molar-refractivity contribution in [3.8, 4) is 0 Å². The Labute approximate surface area is 122 Å².